The van der Waals surface area contributed by atoms with Crippen molar-refractivity contribution in [2.45, 2.75) is 31.5 Å². The van der Waals surface area contributed by atoms with Gasteiger partial charge in [-0.2, -0.15) is 5.10 Å². The normalized spacial score (nSPS) is 21.2. The number of carbonyl (C=O) groups is 2. The van der Waals surface area contributed by atoms with E-state index in [0.717, 1.165) is 0 Å². The number of likely N-dealkylation sites (tertiary alicyclic amines) is 1. The summed E-state index contributed by atoms with van der Waals surface area (Å²) in [4.78, 5) is 38.5. The lowest BCUT2D eigenvalue weighted by Crippen LogP contribution is -2.52. The van der Waals surface area contributed by atoms with Crippen LogP contribution in [-0.2, 0) is 20.7 Å². The molecule has 2 aliphatic rings. The number of esters is 1. The lowest BCUT2D eigenvalue weighted by Gasteiger charge is -2.36. The van der Waals surface area contributed by atoms with Gasteiger partial charge in [0.1, 0.15) is 17.2 Å². The number of hydrogen-bond acceptors (Lipinski definition) is 7. The molecule has 3 aromatic rings. The number of methoxy groups -OCH3 is 1. The topological polar surface area (TPSA) is 114 Å². The molecule has 5 rings (SSSR count). The molecule has 1 aromatic heterocycles. The Balaban J connectivity index is 1.43. The molecule has 3 heterocycles. The van der Waals surface area contributed by atoms with E-state index in [-0.39, 0.29) is 24.1 Å². The van der Waals surface area contributed by atoms with Crippen molar-refractivity contribution < 1.29 is 28.2 Å². The number of aromatic nitrogens is 2. The highest BCUT2D eigenvalue weighted by Crippen LogP contribution is 2.40. The van der Waals surface area contributed by atoms with Gasteiger partial charge in [-0.05, 0) is 29.8 Å². The van der Waals surface area contributed by atoms with Crippen LogP contribution in [0.3, 0.4) is 0 Å². The molecule has 1 N–H and O–H groups in total. The van der Waals surface area contributed by atoms with E-state index in [1.807, 2.05) is 0 Å². The first-order chi connectivity index (χ1) is 16.8. The SMILES string of the molecule is COc1cccc2c(=O)[nH]nc(Cc3ccc(F)c(C(=O)N4CCC5(CO5)C(OC(C)=O)C4)c3)c12. The zero-order chi connectivity index (χ0) is 24.7. The lowest BCUT2D eigenvalue weighted by atomic mass is 9.93. The quantitative estimate of drug-likeness (QED) is 0.439. The number of nitrogens with zero attached hydrogens (tertiary/aromatic N) is 2. The molecular formula is C25H24FN3O6. The fourth-order valence-corrected chi connectivity index (χ4v) is 4.66. The molecule has 0 bridgehead atoms. The Morgan fingerprint density at radius 2 is 2.11 bits per heavy atom. The Morgan fingerprint density at radius 1 is 1.31 bits per heavy atom. The molecule has 2 atom stereocenters. The number of nitrogens with one attached hydrogen (secondary N) is 1. The molecule has 1 spiro atoms. The van der Waals surface area contributed by atoms with Crippen molar-refractivity contribution in [1.29, 1.82) is 0 Å². The fraction of sp³-hybridized carbons (Fsp3) is 0.360. The van der Waals surface area contributed by atoms with E-state index in [4.69, 9.17) is 14.2 Å². The van der Waals surface area contributed by atoms with Gasteiger partial charge in [0.05, 0.1) is 42.3 Å². The summed E-state index contributed by atoms with van der Waals surface area (Å²) in [7, 11) is 1.51. The highest BCUT2D eigenvalue weighted by molar-refractivity contribution is 5.95. The van der Waals surface area contributed by atoms with Crippen molar-refractivity contribution in [1.82, 2.24) is 15.1 Å². The maximum Gasteiger partial charge on any atom is 0.303 e. The fourth-order valence-electron chi connectivity index (χ4n) is 4.66. The predicted molar refractivity (Wildman–Crippen MR) is 123 cm³/mol. The Kier molecular flexibility index (Phi) is 5.76. The molecule has 0 radical (unpaired) electrons. The van der Waals surface area contributed by atoms with Gasteiger partial charge in [0.25, 0.3) is 11.5 Å². The van der Waals surface area contributed by atoms with Crippen LogP contribution in [0.5, 0.6) is 5.75 Å². The van der Waals surface area contributed by atoms with Gasteiger partial charge in [-0.1, -0.05) is 12.1 Å². The number of hydrogen-bond donors (Lipinski definition) is 1. The third kappa shape index (κ3) is 4.25. The number of rotatable bonds is 5. The number of epoxide rings is 1. The molecule has 35 heavy (non-hydrogen) atoms. The summed E-state index contributed by atoms with van der Waals surface area (Å²) in [6, 6.07) is 9.43. The average Bonchev–Trinajstić information content (AvgIpc) is 3.63. The number of amides is 1. The maximum absolute atomic E-state index is 14.8. The molecule has 2 unspecified atom stereocenters. The van der Waals surface area contributed by atoms with Crippen LogP contribution in [-0.4, -0.2) is 65.5 Å². The molecule has 0 saturated carbocycles. The van der Waals surface area contributed by atoms with Gasteiger partial charge in [-0.3, -0.25) is 14.4 Å². The van der Waals surface area contributed by atoms with Gasteiger partial charge < -0.3 is 19.1 Å². The first kappa shape index (κ1) is 23.0. The van der Waals surface area contributed by atoms with Crippen molar-refractivity contribution in [3.05, 3.63) is 69.4 Å². The van der Waals surface area contributed by atoms with Crippen molar-refractivity contribution in [3.8, 4) is 5.75 Å². The lowest BCUT2D eigenvalue weighted by molar-refractivity contribution is -0.153. The number of H-pyrrole nitrogens is 1. The number of ether oxygens (including phenoxy) is 3. The number of carbonyl (C=O) groups excluding carboxylic acids is 2. The van der Waals surface area contributed by atoms with E-state index in [1.54, 1.807) is 24.3 Å². The van der Waals surface area contributed by atoms with E-state index in [1.165, 1.54) is 31.1 Å². The summed E-state index contributed by atoms with van der Waals surface area (Å²) in [6.45, 7) is 2.28. The molecule has 2 aromatic carbocycles. The molecule has 2 saturated heterocycles. The average molecular weight is 481 g/mol. The number of halogens is 1. The molecule has 1 amide bonds. The summed E-state index contributed by atoms with van der Waals surface area (Å²) in [6.07, 6.45) is 0.153. The Hall–Kier alpha value is -3.79. The Labute approximate surface area is 199 Å². The van der Waals surface area contributed by atoms with Gasteiger partial charge in [0.2, 0.25) is 0 Å². The number of piperidine rings is 1. The minimum atomic E-state index is -0.650. The van der Waals surface area contributed by atoms with E-state index >= 15 is 0 Å². The summed E-state index contributed by atoms with van der Waals surface area (Å²) in [5.41, 5.74) is 0.193. The largest absolute Gasteiger partial charge is 0.496 e. The Bertz CT molecular complexity index is 1380. The second-order valence-corrected chi connectivity index (χ2v) is 8.83. The van der Waals surface area contributed by atoms with Crippen LogP contribution >= 0.6 is 0 Å². The zero-order valence-corrected chi connectivity index (χ0v) is 19.3. The second-order valence-electron chi connectivity index (χ2n) is 8.83. The second kappa shape index (κ2) is 8.77. The van der Waals surface area contributed by atoms with E-state index < -0.39 is 29.4 Å². The van der Waals surface area contributed by atoms with Crippen LogP contribution in [0, 0.1) is 5.82 Å². The smallest absolute Gasteiger partial charge is 0.303 e. The van der Waals surface area contributed by atoms with E-state index in [9.17, 15) is 18.8 Å². The van der Waals surface area contributed by atoms with Gasteiger partial charge in [-0.25, -0.2) is 9.49 Å². The van der Waals surface area contributed by atoms with Crippen molar-refractivity contribution in [2.24, 2.45) is 0 Å². The molecule has 0 aliphatic carbocycles. The van der Waals surface area contributed by atoms with E-state index in [2.05, 4.69) is 10.2 Å². The van der Waals surface area contributed by atoms with Gasteiger partial charge in [0, 0.05) is 26.3 Å². The Morgan fingerprint density at radius 3 is 2.83 bits per heavy atom. The molecule has 2 aliphatic heterocycles. The molecule has 2 fully saturated rings. The summed E-state index contributed by atoms with van der Waals surface area (Å²) < 4.78 is 31.1. The first-order valence-electron chi connectivity index (χ1n) is 11.2. The third-order valence-electron chi connectivity index (χ3n) is 6.59. The maximum atomic E-state index is 14.8. The number of aromatic amines is 1. The van der Waals surface area contributed by atoms with Crippen molar-refractivity contribution in [3.63, 3.8) is 0 Å². The third-order valence-corrected chi connectivity index (χ3v) is 6.59. The monoisotopic (exact) mass is 481 g/mol. The molecule has 182 valence electrons. The molecule has 9 nitrogen and oxygen atoms in total. The summed E-state index contributed by atoms with van der Waals surface area (Å²) >= 11 is 0. The summed E-state index contributed by atoms with van der Waals surface area (Å²) in [5.74, 6) is -1.10. The zero-order valence-electron chi connectivity index (χ0n) is 19.3. The standard InChI is InChI=1S/C25H24FN3O6/c1-14(30)35-21-12-29(9-8-25(21)13-34-25)24(32)17-10-15(6-7-18(17)26)11-19-22-16(23(31)28-27-19)4-3-5-20(22)33-2/h3-7,10,21H,8-9,11-13H2,1-2H3,(H,28,31). The highest BCUT2D eigenvalue weighted by Gasteiger charge is 2.56. The van der Waals surface area contributed by atoms with Crippen LogP contribution < -0.4 is 10.3 Å². The van der Waals surface area contributed by atoms with Crippen molar-refractivity contribution >= 4 is 22.6 Å². The van der Waals surface area contributed by atoms with Crippen LogP contribution in [0.4, 0.5) is 4.39 Å². The highest BCUT2D eigenvalue weighted by atomic mass is 19.1. The minimum Gasteiger partial charge on any atom is -0.496 e. The molecule has 10 heteroatoms. The predicted octanol–water partition coefficient (Wildman–Crippen LogP) is 2.21. The minimum absolute atomic E-state index is 0.0857. The van der Waals surface area contributed by atoms with Crippen LogP contribution in [0.1, 0.15) is 35.0 Å². The van der Waals surface area contributed by atoms with Crippen LogP contribution in [0.2, 0.25) is 0 Å². The van der Waals surface area contributed by atoms with Gasteiger partial charge in [-0.15, -0.1) is 0 Å². The van der Waals surface area contributed by atoms with Crippen LogP contribution in [0.25, 0.3) is 10.8 Å². The summed E-state index contributed by atoms with van der Waals surface area (Å²) in [5, 5.41) is 7.66. The molecular weight excluding hydrogens is 457 g/mol. The first-order valence-corrected chi connectivity index (χ1v) is 11.2. The van der Waals surface area contributed by atoms with E-state index in [0.29, 0.717) is 47.4 Å². The van der Waals surface area contributed by atoms with Gasteiger partial charge in [0.15, 0.2) is 6.10 Å². The number of fused-ring (bicyclic) bond motifs is 1. The van der Waals surface area contributed by atoms with Crippen molar-refractivity contribution in [2.75, 3.05) is 26.8 Å². The van der Waals surface area contributed by atoms with Crippen LogP contribution in [0.15, 0.2) is 41.2 Å². The number of benzene rings is 2. The van der Waals surface area contributed by atoms with Gasteiger partial charge >= 0.3 is 5.97 Å².